The fourth-order valence-electron chi connectivity index (χ4n) is 2.28. The number of nitrogens with one attached hydrogen (secondary N) is 1. The minimum atomic E-state index is -1.12. The molecule has 0 radical (unpaired) electrons. The summed E-state index contributed by atoms with van der Waals surface area (Å²) in [4.78, 5) is 24.4. The Morgan fingerprint density at radius 2 is 1.76 bits per heavy atom. The second-order valence-corrected chi connectivity index (χ2v) is 5.90. The van der Waals surface area contributed by atoms with E-state index in [9.17, 15) is 14.9 Å². The van der Waals surface area contributed by atoms with Crippen molar-refractivity contribution < 1.29 is 19.1 Å². The fourth-order valence-corrected chi connectivity index (χ4v) is 2.28. The summed E-state index contributed by atoms with van der Waals surface area (Å²) in [6, 6.07) is 16.9. The number of nitriles is 2. The molecule has 0 saturated carbocycles. The number of hydrogen-bond donors (Lipinski definition) is 1. The smallest absolute Gasteiger partial charge is 0.349 e. The lowest BCUT2D eigenvalue weighted by Gasteiger charge is -2.13. The summed E-state index contributed by atoms with van der Waals surface area (Å²) < 4.78 is 10.4. The molecule has 0 unspecified atom stereocenters. The van der Waals surface area contributed by atoms with E-state index in [2.05, 4.69) is 5.32 Å². The van der Waals surface area contributed by atoms with Gasteiger partial charge in [-0.15, -0.1) is 0 Å². The largest absolute Gasteiger partial charge is 0.494 e. The van der Waals surface area contributed by atoms with Gasteiger partial charge in [0, 0.05) is 5.69 Å². The van der Waals surface area contributed by atoms with E-state index in [0.717, 1.165) is 0 Å². The lowest BCUT2D eigenvalue weighted by atomic mass is 10.1. The number of carbonyl (C=O) groups is 2. The van der Waals surface area contributed by atoms with Crippen molar-refractivity contribution in [2.45, 2.75) is 20.0 Å². The van der Waals surface area contributed by atoms with Crippen molar-refractivity contribution in [2.75, 3.05) is 11.9 Å². The predicted molar refractivity (Wildman–Crippen MR) is 107 cm³/mol. The standard InChI is InChI=1S/C22H19N3O4/c1-3-28-20-10-6-16(7-11-20)12-18(14-24)22(27)29-15(2)21(26)25-19-8-4-17(13-23)5-9-19/h4-12,15H,3H2,1-2H3,(H,25,26)/b18-12+/t15-/m1/s1. The zero-order valence-electron chi connectivity index (χ0n) is 16.0. The van der Waals surface area contributed by atoms with Gasteiger partial charge in [-0.3, -0.25) is 4.79 Å². The molecule has 7 nitrogen and oxygen atoms in total. The monoisotopic (exact) mass is 389 g/mol. The normalized spacial score (nSPS) is 11.5. The van der Waals surface area contributed by atoms with Crippen LogP contribution in [-0.2, 0) is 14.3 Å². The SMILES string of the molecule is CCOc1ccc(/C=C(\C#N)C(=O)O[C@H](C)C(=O)Nc2ccc(C#N)cc2)cc1. The number of hydrogen-bond acceptors (Lipinski definition) is 6. The Labute approximate surface area is 168 Å². The first kappa shape index (κ1) is 21.2. The second-order valence-electron chi connectivity index (χ2n) is 5.90. The van der Waals surface area contributed by atoms with E-state index in [1.54, 1.807) is 54.6 Å². The van der Waals surface area contributed by atoms with Crippen LogP contribution in [0.1, 0.15) is 25.0 Å². The van der Waals surface area contributed by atoms with Crippen LogP contribution in [0.4, 0.5) is 5.69 Å². The number of anilines is 1. The van der Waals surface area contributed by atoms with Crippen molar-refractivity contribution in [1.29, 1.82) is 10.5 Å². The summed E-state index contributed by atoms with van der Waals surface area (Å²) in [5.74, 6) is -0.774. The summed E-state index contributed by atoms with van der Waals surface area (Å²) in [6.07, 6.45) is 0.263. The average Bonchev–Trinajstić information content (AvgIpc) is 2.73. The van der Waals surface area contributed by atoms with Crippen LogP contribution in [0.2, 0.25) is 0 Å². The van der Waals surface area contributed by atoms with Gasteiger partial charge >= 0.3 is 5.97 Å². The van der Waals surface area contributed by atoms with E-state index >= 15 is 0 Å². The van der Waals surface area contributed by atoms with Crippen LogP contribution in [0, 0.1) is 22.7 Å². The molecular weight excluding hydrogens is 370 g/mol. The van der Waals surface area contributed by atoms with Gasteiger partial charge in [0.05, 0.1) is 18.2 Å². The van der Waals surface area contributed by atoms with Gasteiger partial charge in [-0.05, 0) is 61.9 Å². The highest BCUT2D eigenvalue weighted by atomic mass is 16.5. The summed E-state index contributed by atoms with van der Waals surface area (Å²) >= 11 is 0. The Hall–Kier alpha value is -4.10. The number of carbonyl (C=O) groups excluding carboxylic acids is 2. The zero-order chi connectivity index (χ0) is 21.2. The number of esters is 1. The highest BCUT2D eigenvalue weighted by Crippen LogP contribution is 2.16. The molecule has 0 heterocycles. The molecule has 0 aliphatic heterocycles. The molecular formula is C22H19N3O4. The van der Waals surface area contributed by atoms with Gasteiger partial charge in [0.25, 0.3) is 5.91 Å². The summed E-state index contributed by atoms with van der Waals surface area (Å²) in [5.41, 5.74) is 1.31. The van der Waals surface area contributed by atoms with Gasteiger partial charge in [0.15, 0.2) is 6.10 Å². The first-order chi connectivity index (χ1) is 14.0. The van der Waals surface area contributed by atoms with Crippen molar-refractivity contribution in [3.05, 3.63) is 65.2 Å². The molecule has 0 bridgehead atoms. The molecule has 7 heteroatoms. The minimum absolute atomic E-state index is 0.229. The van der Waals surface area contributed by atoms with Crippen molar-refractivity contribution in [1.82, 2.24) is 0 Å². The Morgan fingerprint density at radius 3 is 2.31 bits per heavy atom. The molecule has 1 N–H and O–H groups in total. The number of rotatable bonds is 7. The van der Waals surface area contributed by atoms with E-state index in [-0.39, 0.29) is 5.57 Å². The molecule has 2 aromatic rings. The highest BCUT2D eigenvalue weighted by molar-refractivity contribution is 6.01. The maximum atomic E-state index is 12.2. The quantitative estimate of drug-likeness (QED) is 0.441. The molecule has 29 heavy (non-hydrogen) atoms. The Kier molecular flexibility index (Phi) is 7.52. The topological polar surface area (TPSA) is 112 Å². The van der Waals surface area contributed by atoms with Crippen LogP contribution in [-0.4, -0.2) is 24.6 Å². The third-order valence-electron chi connectivity index (χ3n) is 3.78. The molecule has 0 aromatic heterocycles. The lowest BCUT2D eigenvalue weighted by molar-refractivity contribution is -0.148. The van der Waals surface area contributed by atoms with Gasteiger partial charge in [0.1, 0.15) is 17.4 Å². The van der Waals surface area contributed by atoms with Crippen LogP contribution in [0.5, 0.6) is 5.75 Å². The summed E-state index contributed by atoms with van der Waals surface area (Å²) in [5, 5.41) is 20.6. The molecule has 0 aliphatic carbocycles. The first-order valence-corrected chi connectivity index (χ1v) is 8.83. The van der Waals surface area contributed by atoms with Gasteiger partial charge < -0.3 is 14.8 Å². The number of nitrogens with zero attached hydrogens (tertiary/aromatic N) is 2. The van der Waals surface area contributed by atoms with E-state index in [1.165, 1.54) is 13.0 Å². The van der Waals surface area contributed by atoms with Crippen LogP contribution < -0.4 is 10.1 Å². The minimum Gasteiger partial charge on any atom is -0.494 e. The van der Waals surface area contributed by atoms with Crippen LogP contribution >= 0.6 is 0 Å². The van der Waals surface area contributed by atoms with E-state index in [4.69, 9.17) is 14.7 Å². The third-order valence-corrected chi connectivity index (χ3v) is 3.78. The maximum Gasteiger partial charge on any atom is 0.349 e. The molecule has 146 valence electrons. The van der Waals surface area contributed by atoms with E-state index in [1.807, 2.05) is 13.0 Å². The molecule has 0 spiro atoms. The fraction of sp³-hybridized carbons (Fsp3) is 0.182. The molecule has 0 fully saturated rings. The second kappa shape index (κ2) is 10.3. The molecule has 0 saturated heterocycles. The molecule has 1 atom stereocenters. The van der Waals surface area contributed by atoms with Gasteiger partial charge in [0.2, 0.25) is 0 Å². The van der Waals surface area contributed by atoms with E-state index in [0.29, 0.717) is 29.2 Å². The van der Waals surface area contributed by atoms with Gasteiger partial charge in [-0.25, -0.2) is 4.79 Å². The maximum absolute atomic E-state index is 12.2. The lowest BCUT2D eigenvalue weighted by Crippen LogP contribution is -2.30. The number of ether oxygens (including phenoxy) is 2. The summed E-state index contributed by atoms with van der Waals surface area (Å²) in [6.45, 7) is 3.81. The van der Waals surface area contributed by atoms with Gasteiger partial charge in [-0.2, -0.15) is 10.5 Å². The highest BCUT2D eigenvalue weighted by Gasteiger charge is 2.20. The first-order valence-electron chi connectivity index (χ1n) is 8.83. The van der Waals surface area contributed by atoms with E-state index < -0.39 is 18.0 Å². The van der Waals surface area contributed by atoms with Gasteiger partial charge in [-0.1, -0.05) is 12.1 Å². The zero-order valence-corrected chi connectivity index (χ0v) is 16.0. The molecule has 2 aromatic carbocycles. The predicted octanol–water partition coefficient (Wildman–Crippen LogP) is 3.43. The van der Waals surface area contributed by atoms with Crippen LogP contribution in [0.25, 0.3) is 6.08 Å². The summed E-state index contributed by atoms with van der Waals surface area (Å²) in [7, 11) is 0. The third kappa shape index (κ3) is 6.23. The van der Waals surface area contributed by atoms with Crippen LogP contribution in [0.3, 0.4) is 0 Å². The van der Waals surface area contributed by atoms with Crippen molar-refractivity contribution >= 4 is 23.6 Å². The van der Waals surface area contributed by atoms with Crippen molar-refractivity contribution in [3.63, 3.8) is 0 Å². The van der Waals surface area contributed by atoms with Crippen molar-refractivity contribution in [2.24, 2.45) is 0 Å². The average molecular weight is 389 g/mol. The number of benzene rings is 2. The van der Waals surface area contributed by atoms with Crippen LogP contribution in [0.15, 0.2) is 54.1 Å². The molecule has 0 aliphatic rings. The Morgan fingerprint density at radius 1 is 1.10 bits per heavy atom. The number of amides is 1. The van der Waals surface area contributed by atoms with Crippen molar-refractivity contribution in [3.8, 4) is 17.9 Å². The Balaban J connectivity index is 2.00. The molecule has 2 rings (SSSR count). The Bertz CT molecular complexity index is 981. The molecule has 1 amide bonds.